The molecule has 70 valence electrons. The summed E-state index contributed by atoms with van der Waals surface area (Å²) in [6.45, 7) is 0. The highest BCUT2D eigenvalue weighted by molar-refractivity contribution is 5.31. The minimum atomic E-state index is -0.771. The highest BCUT2D eigenvalue weighted by Gasteiger charge is 2.17. The Morgan fingerprint density at radius 1 is 1.15 bits per heavy atom. The number of fused-ring (bicyclic) bond motifs is 1. The fourth-order valence-electron chi connectivity index (χ4n) is 1.78. The molecule has 0 fully saturated rings. The van der Waals surface area contributed by atoms with Gasteiger partial charge in [0, 0.05) is 6.04 Å². The van der Waals surface area contributed by atoms with E-state index in [2.05, 4.69) is 0 Å². The second kappa shape index (κ2) is 3.07. The molecule has 0 saturated carbocycles. The van der Waals surface area contributed by atoms with Crippen LogP contribution in [0.3, 0.4) is 0 Å². The van der Waals surface area contributed by atoms with E-state index in [1.54, 1.807) is 0 Å². The molecule has 13 heavy (non-hydrogen) atoms. The summed E-state index contributed by atoms with van der Waals surface area (Å²) in [6, 6.07) is 2.65. The van der Waals surface area contributed by atoms with Crippen LogP contribution in [0.2, 0.25) is 0 Å². The lowest BCUT2D eigenvalue weighted by Gasteiger charge is -2.21. The molecule has 1 aliphatic carbocycles. The highest BCUT2D eigenvalue weighted by atomic mass is 19.2. The van der Waals surface area contributed by atoms with Crippen LogP contribution in [-0.2, 0) is 12.8 Å². The van der Waals surface area contributed by atoms with E-state index in [4.69, 9.17) is 5.73 Å². The second-order valence-corrected chi connectivity index (χ2v) is 3.54. The van der Waals surface area contributed by atoms with Crippen molar-refractivity contribution in [2.45, 2.75) is 25.3 Å². The van der Waals surface area contributed by atoms with Crippen LogP contribution in [0.25, 0.3) is 0 Å². The van der Waals surface area contributed by atoms with E-state index in [1.165, 1.54) is 12.1 Å². The average Bonchev–Trinajstić information content (AvgIpc) is 2.08. The van der Waals surface area contributed by atoms with Crippen LogP contribution in [0.15, 0.2) is 12.1 Å². The molecule has 0 heterocycles. The van der Waals surface area contributed by atoms with E-state index in [0.29, 0.717) is 6.42 Å². The zero-order chi connectivity index (χ0) is 9.42. The zero-order valence-corrected chi connectivity index (χ0v) is 7.19. The summed E-state index contributed by atoms with van der Waals surface area (Å²) in [5, 5.41) is 0. The number of nitrogens with two attached hydrogens (primary N) is 1. The first kappa shape index (κ1) is 8.63. The van der Waals surface area contributed by atoms with Gasteiger partial charge in [0.25, 0.3) is 0 Å². The molecule has 0 spiro atoms. The predicted molar refractivity (Wildman–Crippen MR) is 46.4 cm³/mol. The van der Waals surface area contributed by atoms with Gasteiger partial charge in [0.2, 0.25) is 0 Å². The summed E-state index contributed by atoms with van der Waals surface area (Å²) in [5.41, 5.74) is 7.48. The Kier molecular flexibility index (Phi) is 2.04. The van der Waals surface area contributed by atoms with E-state index in [0.717, 1.165) is 24.0 Å². The first-order valence-electron chi connectivity index (χ1n) is 4.39. The van der Waals surface area contributed by atoms with Crippen LogP contribution in [0.5, 0.6) is 0 Å². The fourth-order valence-corrected chi connectivity index (χ4v) is 1.78. The van der Waals surface area contributed by atoms with E-state index in [9.17, 15) is 8.78 Å². The largest absolute Gasteiger partial charge is 0.327 e. The van der Waals surface area contributed by atoms with Gasteiger partial charge in [0.1, 0.15) is 0 Å². The minimum Gasteiger partial charge on any atom is -0.327 e. The molecule has 1 aliphatic rings. The van der Waals surface area contributed by atoms with Crippen molar-refractivity contribution in [3.63, 3.8) is 0 Å². The number of aryl methyl sites for hydroxylation is 1. The van der Waals surface area contributed by atoms with Crippen molar-refractivity contribution in [1.82, 2.24) is 0 Å². The van der Waals surface area contributed by atoms with Gasteiger partial charge < -0.3 is 5.73 Å². The van der Waals surface area contributed by atoms with Gasteiger partial charge in [-0.2, -0.15) is 0 Å². The van der Waals surface area contributed by atoms with Crippen molar-refractivity contribution in [1.29, 1.82) is 0 Å². The monoisotopic (exact) mass is 183 g/mol. The predicted octanol–water partition coefficient (Wildman–Crippen LogP) is 1.78. The molecule has 2 rings (SSSR count). The van der Waals surface area contributed by atoms with Gasteiger partial charge in [-0.3, -0.25) is 0 Å². The molecule has 1 nitrogen and oxygen atoms in total. The standard InChI is InChI=1S/C10H11F2N/c11-9-4-6-1-2-8(13)3-7(6)5-10(9)12/h4-5,8H,1-3,13H2/t8-/m1/s1. The summed E-state index contributed by atoms with van der Waals surface area (Å²) in [6.07, 6.45) is 2.28. The summed E-state index contributed by atoms with van der Waals surface area (Å²) in [4.78, 5) is 0. The molecule has 0 radical (unpaired) electrons. The molecular weight excluding hydrogens is 172 g/mol. The molecule has 0 aliphatic heterocycles. The molecule has 0 unspecified atom stereocenters. The van der Waals surface area contributed by atoms with Gasteiger partial charge >= 0.3 is 0 Å². The minimum absolute atomic E-state index is 0.0948. The van der Waals surface area contributed by atoms with Crippen LogP contribution < -0.4 is 5.73 Å². The molecule has 3 heteroatoms. The Hall–Kier alpha value is -0.960. The van der Waals surface area contributed by atoms with Crippen molar-refractivity contribution >= 4 is 0 Å². The quantitative estimate of drug-likeness (QED) is 0.652. The third-order valence-electron chi connectivity index (χ3n) is 2.51. The molecule has 1 aromatic carbocycles. The Labute approximate surface area is 75.6 Å². The van der Waals surface area contributed by atoms with Crippen LogP contribution in [0, 0.1) is 11.6 Å². The molecule has 1 atom stereocenters. The van der Waals surface area contributed by atoms with Crippen molar-refractivity contribution < 1.29 is 8.78 Å². The summed E-state index contributed by atoms with van der Waals surface area (Å²) >= 11 is 0. The first-order chi connectivity index (χ1) is 6.16. The average molecular weight is 183 g/mol. The second-order valence-electron chi connectivity index (χ2n) is 3.54. The van der Waals surface area contributed by atoms with Gasteiger partial charge in [-0.25, -0.2) is 8.78 Å². The van der Waals surface area contributed by atoms with Gasteiger partial charge in [0.05, 0.1) is 0 Å². The number of benzene rings is 1. The van der Waals surface area contributed by atoms with Crippen molar-refractivity contribution in [3.05, 3.63) is 34.9 Å². The fraction of sp³-hybridized carbons (Fsp3) is 0.400. The van der Waals surface area contributed by atoms with Crippen LogP contribution in [-0.4, -0.2) is 6.04 Å². The SMILES string of the molecule is N[C@@H]1CCc2cc(F)c(F)cc2C1. The van der Waals surface area contributed by atoms with Crippen LogP contribution in [0.1, 0.15) is 17.5 Å². The molecule has 2 N–H and O–H groups in total. The molecule has 0 bridgehead atoms. The van der Waals surface area contributed by atoms with Crippen molar-refractivity contribution in [3.8, 4) is 0 Å². The first-order valence-corrected chi connectivity index (χ1v) is 4.39. The maximum absolute atomic E-state index is 12.8. The number of hydrogen-bond donors (Lipinski definition) is 1. The Morgan fingerprint density at radius 2 is 1.77 bits per heavy atom. The van der Waals surface area contributed by atoms with Crippen molar-refractivity contribution in [2.75, 3.05) is 0 Å². The smallest absolute Gasteiger partial charge is 0.159 e. The Morgan fingerprint density at radius 3 is 2.46 bits per heavy atom. The van der Waals surface area contributed by atoms with Gasteiger partial charge in [-0.1, -0.05) is 0 Å². The summed E-state index contributed by atoms with van der Waals surface area (Å²) in [7, 11) is 0. The third kappa shape index (κ3) is 1.56. The van der Waals surface area contributed by atoms with Gasteiger partial charge in [0.15, 0.2) is 11.6 Å². The maximum atomic E-state index is 12.8. The Balaban J connectivity index is 2.43. The third-order valence-corrected chi connectivity index (χ3v) is 2.51. The lowest BCUT2D eigenvalue weighted by molar-refractivity contribution is 0.496. The Bertz CT molecular complexity index is 336. The highest BCUT2D eigenvalue weighted by Crippen LogP contribution is 2.23. The number of halogens is 2. The van der Waals surface area contributed by atoms with E-state index in [-0.39, 0.29) is 6.04 Å². The number of rotatable bonds is 0. The maximum Gasteiger partial charge on any atom is 0.159 e. The van der Waals surface area contributed by atoms with Gasteiger partial charge in [-0.05, 0) is 42.5 Å². The zero-order valence-electron chi connectivity index (χ0n) is 7.19. The lowest BCUT2D eigenvalue weighted by Crippen LogP contribution is -2.28. The lowest BCUT2D eigenvalue weighted by atomic mass is 9.88. The van der Waals surface area contributed by atoms with Crippen molar-refractivity contribution in [2.24, 2.45) is 5.73 Å². The molecule has 0 saturated heterocycles. The normalized spacial score (nSPS) is 21.3. The topological polar surface area (TPSA) is 26.0 Å². The van der Waals surface area contributed by atoms with Crippen LogP contribution in [0.4, 0.5) is 8.78 Å². The molecule has 1 aromatic rings. The molecule has 0 aromatic heterocycles. The molecule has 0 amide bonds. The van der Waals surface area contributed by atoms with E-state index >= 15 is 0 Å². The summed E-state index contributed by atoms with van der Waals surface area (Å²) in [5.74, 6) is -1.53. The summed E-state index contributed by atoms with van der Waals surface area (Å²) < 4.78 is 25.6. The van der Waals surface area contributed by atoms with E-state index < -0.39 is 11.6 Å². The number of hydrogen-bond acceptors (Lipinski definition) is 1. The molecular formula is C10H11F2N. The van der Waals surface area contributed by atoms with E-state index in [1.807, 2.05) is 0 Å². The van der Waals surface area contributed by atoms with Crippen LogP contribution >= 0.6 is 0 Å². The van der Waals surface area contributed by atoms with Gasteiger partial charge in [-0.15, -0.1) is 0 Å².